The number of hydrogen-bond donors (Lipinski definition) is 2. The van der Waals surface area contributed by atoms with Gasteiger partial charge in [0.05, 0.1) is 0 Å². The summed E-state index contributed by atoms with van der Waals surface area (Å²) >= 11 is 3.36. The average Bonchev–Trinajstić information content (AvgIpc) is 2.68. The number of rotatable bonds is 2. The minimum Gasteiger partial charge on any atom is -0.480 e. The Kier molecular flexibility index (Phi) is 4.57. The van der Waals surface area contributed by atoms with Crippen molar-refractivity contribution in [3.05, 3.63) is 58.1 Å². The van der Waals surface area contributed by atoms with Gasteiger partial charge < -0.3 is 15.4 Å². The lowest BCUT2D eigenvalue weighted by Gasteiger charge is -2.18. The highest BCUT2D eigenvalue weighted by Crippen LogP contribution is 2.32. The predicted octanol–water partition coefficient (Wildman–Crippen LogP) is 3.33. The molecule has 0 aliphatic carbocycles. The molecule has 0 saturated heterocycles. The quantitative estimate of drug-likeness (QED) is 0.828. The number of nitrogens with one attached hydrogen (secondary N) is 2. The van der Waals surface area contributed by atoms with Crippen LogP contribution in [0.1, 0.15) is 24.1 Å². The molecule has 1 aliphatic heterocycles. The van der Waals surface area contributed by atoms with Gasteiger partial charge in [0.1, 0.15) is 11.8 Å². The number of ether oxygens (including phenoxy) is 1. The first-order valence-electron chi connectivity index (χ1n) is 7.58. The van der Waals surface area contributed by atoms with Gasteiger partial charge >= 0.3 is 0 Å². The van der Waals surface area contributed by atoms with Gasteiger partial charge in [-0.15, -0.1) is 0 Å². The Hall–Kier alpha value is -2.34. The van der Waals surface area contributed by atoms with Crippen LogP contribution in [0.4, 0.5) is 5.69 Å². The highest BCUT2D eigenvalue weighted by Gasteiger charge is 2.33. The molecule has 2 unspecified atom stereocenters. The van der Waals surface area contributed by atoms with Gasteiger partial charge in [-0.05, 0) is 43.7 Å². The second kappa shape index (κ2) is 6.65. The Morgan fingerprint density at radius 1 is 1.21 bits per heavy atom. The van der Waals surface area contributed by atoms with E-state index in [-0.39, 0.29) is 11.8 Å². The van der Waals surface area contributed by atoms with Gasteiger partial charge in [-0.1, -0.05) is 34.1 Å². The summed E-state index contributed by atoms with van der Waals surface area (Å²) in [4.78, 5) is 24.9. The molecule has 0 radical (unpaired) electrons. The normalized spacial score (nSPS) is 19.5. The van der Waals surface area contributed by atoms with Crippen LogP contribution in [0.5, 0.6) is 5.75 Å². The third-order valence-electron chi connectivity index (χ3n) is 3.88. The zero-order chi connectivity index (χ0) is 17.3. The third kappa shape index (κ3) is 3.28. The van der Waals surface area contributed by atoms with E-state index in [1.165, 1.54) is 0 Å². The number of hydrogen-bond acceptors (Lipinski definition) is 3. The molecule has 2 amide bonds. The molecule has 0 bridgehead atoms. The monoisotopic (exact) mass is 388 g/mol. The van der Waals surface area contributed by atoms with Crippen LogP contribution in [0.3, 0.4) is 0 Å². The largest absolute Gasteiger partial charge is 0.480 e. The van der Waals surface area contributed by atoms with Gasteiger partial charge in [0.2, 0.25) is 0 Å². The number of carbonyl (C=O) groups is 2. The highest BCUT2D eigenvalue weighted by atomic mass is 79.9. The van der Waals surface area contributed by atoms with Crippen LogP contribution < -0.4 is 15.4 Å². The van der Waals surface area contributed by atoms with Crippen LogP contribution in [0, 0.1) is 6.92 Å². The summed E-state index contributed by atoms with van der Waals surface area (Å²) in [7, 11) is 0. The maximum absolute atomic E-state index is 12.7. The molecule has 2 N–H and O–H groups in total. The molecule has 0 aromatic heterocycles. The van der Waals surface area contributed by atoms with E-state index < -0.39 is 12.1 Å². The van der Waals surface area contributed by atoms with Crippen molar-refractivity contribution in [2.75, 3.05) is 5.32 Å². The van der Waals surface area contributed by atoms with Gasteiger partial charge in [-0.2, -0.15) is 0 Å². The summed E-state index contributed by atoms with van der Waals surface area (Å²) in [5.41, 5.74) is 2.20. The van der Waals surface area contributed by atoms with Crippen molar-refractivity contribution < 1.29 is 14.3 Å². The summed E-state index contributed by atoms with van der Waals surface area (Å²) in [5.74, 6) is -0.0453. The number of anilines is 1. The maximum atomic E-state index is 12.7. The van der Waals surface area contributed by atoms with E-state index in [4.69, 9.17) is 4.74 Å². The highest BCUT2D eigenvalue weighted by molar-refractivity contribution is 9.10. The SMILES string of the molecule is Cc1cccc2c1OC(C)C(=O)NC2C(=O)Nc1ccc(Br)cc1. The van der Waals surface area contributed by atoms with Crippen molar-refractivity contribution in [2.45, 2.75) is 26.0 Å². The van der Waals surface area contributed by atoms with Crippen molar-refractivity contribution >= 4 is 33.4 Å². The lowest BCUT2D eigenvalue weighted by atomic mass is 10.0. The molecule has 0 spiro atoms. The van der Waals surface area contributed by atoms with Gasteiger partial charge in [-0.25, -0.2) is 0 Å². The van der Waals surface area contributed by atoms with Gasteiger partial charge in [0, 0.05) is 15.7 Å². The zero-order valence-corrected chi connectivity index (χ0v) is 14.9. The van der Waals surface area contributed by atoms with E-state index in [1.807, 2.05) is 31.2 Å². The third-order valence-corrected chi connectivity index (χ3v) is 4.41. The van der Waals surface area contributed by atoms with Crippen molar-refractivity contribution in [3.8, 4) is 5.75 Å². The minimum atomic E-state index is -0.805. The van der Waals surface area contributed by atoms with Crippen molar-refractivity contribution in [1.82, 2.24) is 5.32 Å². The first kappa shape index (κ1) is 16.5. The number of benzene rings is 2. The summed E-state index contributed by atoms with van der Waals surface area (Å²) in [6.45, 7) is 3.56. The number of aryl methyl sites for hydroxylation is 1. The number of amides is 2. The molecule has 0 fully saturated rings. The van der Waals surface area contributed by atoms with Gasteiger partial charge in [0.15, 0.2) is 6.10 Å². The smallest absolute Gasteiger partial charge is 0.261 e. The lowest BCUT2D eigenvalue weighted by molar-refractivity contribution is -0.130. The molecule has 2 aromatic rings. The van der Waals surface area contributed by atoms with Crippen LogP contribution in [-0.4, -0.2) is 17.9 Å². The Morgan fingerprint density at radius 3 is 2.62 bits per heavy atom. The van der Waals surface area contributed by atoms with E-state index in [1.54, 1.807) is 25.1 Å². The van der Waals surface area contributed by atoms with Crippen LogP contribution in [-0.2, 0) is 9.59 Å². The van der Waals surface area contributed by atoms with Crippen LogP contribution >= 0.6 is 15.9 Å². The van der Waals surface area contributed by atoms with Crippen LogP contribution in [0.25, 0.3) is 0 Å². The van der Waals surface area contributed by atoms with E-state index in [9.17, 15) is 9.59 Å². The van der Waals surface area contributed by atoms with Crippen LogP contribution in [0.15, 0.2) is 46.9 Å². The van der Waals surface area contributed by atoms with Crippen LogP contribution in [0.2, 0.25) is 0 Å². The first-order chi connectivity index (χ1) is 11.5. The summed E-state index contributed by atoms with van der Waals surface area (Å²) < 4.78 is 6.67. The molecular weight excluding hydrogens is 372 g/mol. The Bertz CT molecular complexity index is 789. The molecule has 24 heavy (non-hydrogen) atoms. The Labute approximate surface area is 148 Å². The molecule has 0 saturated carbocycles. The molecular formula is C18H17BrN2O3. The first-order valence-corrected chi connectivity index (χ1v) is 8.38. The summed E-state index contributed by atoms with van der Waals surface area (Å²) in [6, 6.07) is 12.0. The number of para-hydroxylation sites is 1. The number of carbonyl (C=O) groups excluding carboxylic acids is 2. The Balaban J connectivity index is 1.93. The fourth-order valence-corrected chi connectivity index (χ4v) is 2.85. The fraction of sp³-hybridized carbons (Fsp3) is 0.222. The summed E-state index contributed by atoms with van der Waals surface area (Å²) in [6.07, 6.45) is -0.657. The molecule has 5 nitrogen and oxygen atoms in total. The van der Waals surface area contributed by atoms with E-state index in [2.05, 4.69) is 26.6 Å². The zero-order valence-electron chi connectivity index (χ0n) is 13.3. The molecule has 2 atom stereocenters. The Morgan fingerprint density at radius 2 is 1.92 bits per heavy atom. The molecule has 1 aliphatic rings. The van der Waals surface area contributed by atoms with Crippen molar-refractivity contribution in [1.29, 1.82) is 0 Å². The number of halogens is 1. The number of fused-ring (bicyclic) bond motifs is 1. The predicted molar refractivity (Wildman–Crippen MR) is 94.9 cm³/mol. The maximum Gasteiger partial charge on any atom is 0.261 e. The minimum absolute atomic E-state index is 0.310. The second-order valence-electron chi connectivity index (χ2n) is 5.69. The van der Waals surface area contributed by atoms with Crippen molar-refractivity contribution in [2.24, 2.45) is 0 Å². The average molecular weight is 389 g/mol. The molecule has 1 heterocycles. The van der Waals surface area contributed by atoms with E-state index in [0.717, 1.165) is 10.0 Å². The molecule has 3 rings (SSSR count). The fourth-order valence-electron chi connectivity index (χ4n) is 2.59. The molecule has 124 valence electrons. The summed E-state index contributed by atoms with van der Waals surface area (Å²) in [5, 5.41) is 5.59. The lowest BCUT2D eigenvalue weighted by Crippen LogP contribution is -2.40. The van der Waals surface area contributed by atoms with E-state index in [0.29, 0.717) is 17.0 Å². The standard InChI is InChI=1S/C18H17BrN2O3/c1-10-4-3-5-14-15(21-17(22)11(2)24-16(10)14)18(23)20-13-8-6-12(19)7-9-13/h3-9,11,15H,1-2H3,(H,20,23)(H,21,22). The van der Waals surface area contributed by atoms with E-state index >= 15 is 0 Å². The van der Waals surface area contributed by atoms with Gasteiger partial charge in [-0.3, -0.25) is 9.59 Å². The van der Waals surface area contributed by atoms with Gasteiger partial charge in [0.25, 0.3) is 11.8 Å². The second-order valence-corrected chi connectivity index (χ2v) is 6.61. The van der Waals surface area contributed by atoms with Crippen molar-refractivity contribution in [3.63, 3.8) is 0 Å². The molecule has 6 heteroatoms. The molecule has 2 aromatic carbocycles. The topological polar surface area (TPSA) is 67.4 Å².